The Morgan fingerprint density at radius 3 is 2.34 bits per heavy atom. The summed E-state index contributed by atoms with van der Waals surface area (Å²) in [7, 11) is -3.60. The zero-order chi connectivity index (χ0) is 24.3. The fourth-order valence-electron chi connectivity index (χ4n) is 4.01. The van der Waals surface area contributed by atoms with Gasteiger partial charge in [-0.05, 0) is 29.1 Å². The Morgan fingerprint density at radius 1 is 0.857 bits per heavy atom. The maximum absolute atomic E-state index is 13.2. The van der Waals surface area contributed by atoms with Gasteiger partial charge in [-0.25, -0.2) is 13.4 Å². The summed E-state index contributed by atoms with van der Waals surface area (Å²) in [5.74, 6) is 0. The molecule has 1 N–H and O–H groups in total. The number of fused-ring (bicyclic) bond motifs is 1. The zero-order valence-electron chi connectivity index (χ0n) is 19.3. The molecule has 1 heterocycles. The van der Waals surface area contributed by atoms with E-state index >= 15 is 0 Å². The van der Waals surface area contributed by atoms with E-state index in [1.807, 2.05) is 79.0 Å². The number of rotatable bonds is 8. The van der Waals surface area contributed by atoms with Gasteiger partial charge in [-0.15, -0.1) is 11.3 Å². The molecule has 0 fully saturated rings. The van der Waals surface area contributed by atoms with E-state index in [0.29, 0.717) is 13.1 Å². The zero-order valence-corrected chi connectivity index (χ0v) is 20.9. The number of anilines is 2. The van der Waals surface area contributed by atoms with Crippen LogP contribution >= 0.6 is 11.3 Å². The summed E-state index contributed by atoms with van der Waals surface area (Å²) in [5, 5.41) is 8.49. The van der Waals surface area contributed by atoms with Gasteiger partial charge < -0.3 is 5.32 Å². The number of sulfonamides is 1. The van der Waals surface area contributed by atoms with E-state index in [1.165, 1.54) is 21.0 Å². The van der Waals surface area contributed by atoms with Crippen LogP contribution in [0.3, 0.4) is 0 Å². The normalized spacial score (nSPS) is 11.7. The van der Waals surface area contributed by atoms with E-state index in [-0.39, 0.29) is 4.90 Å². The third-order valence-corrected chi connectivity index (χ3v) is 8.57. The van der Waals surface area contributed by atoms with Crippen LogP contribution in [0.1, 0.15) is 12.5 Å². The first-order chi connectivity index (χ1) is 17.0. The molecule has 0 atom stereocenters. The molecule has 5 aromatic rings. The topological polar surface area (TPSA) is 62.3 Å². The minimum atomic E-state index is -3.60. The number of aromatic nitrogens is 1. The van der Waals surface area contributed by atoms with Crippen LogP contribution in [-0.4, -0.2) is 24.3 Å². The summed E-state index contributed by atoms with van der Waals surface area (Å²) < 4.78 is 28.0. The number of hydrogen-bond donors (Lipinski definition) is 1. The van der Waals surface area contributed by atoms with Crippen LogP contribution in [0.4, 0.5) is 10.8 Å². The Balaban J connectivity index is 1.34. The van der Waals surface area contributed by atoms with Crippen LogP contribution in [-0.2, 0) is 16.6 Å². The largest absolute Gasteiger partial charge is 0.331 e. The Hall–Kier alpha value is -3.52. The van der Waals surface area contributed by atoms with Gasteiger partial charge in [0, 0.05) is 35.1 Å². The fraction of sp³-hybridized carbons (Fsp3) is 0.107. The van der Waals surface area contributed by atoms with E-state index < -0.39 is 10.0 Å². The van der Waals surface area contributed by atoms with Crippen LogP contribution in [0.25, 0.3) is 22.0 Å². The molecule has 0 bridgehead atoms. The van der Waals surface area contributed by atoms with E-state index in [4.69, 9.17) is 4.98 Å². The molecule has 0 amide bonds. The predicted molar refractivity (Wildman–Crippen MR) is 144 cm³/mol. The molecule has 0 aliphatic rings. The van der Waals surface area contributed by atoms with E-state index in [2.05, 4.69) is 23.5 Å². The van der Waals surface area contributed by atoms with Crippen molar-refractivity contribution >= 4 is 43.0 Å². The first-order valence-electron chi connectivity index (χ1n) is 11.4. The Morgan fingerprint density at radius 2 is 1.57 bits per heavy atom. The lowest BCUT2D eigenvalue weighted by Crippen LogP contribution is -2.30. The van der Waals surface area contributed by atoms with Crippen molar-refractivity contribution in [2.24, 2.45) is 0 Å². The van der Waals surface area contributed by atoms with Gasteiger partial charge >= 0.3 is 0 Å². The molecule has 0 aliphatic carbocycles. The summed E-state index contributed by atoms with van der Waals surface area (Å²) in [6.45, 7) is 2.60. The molecule has 0 saturated carbocycles. The van der Waals surface area contributed by atoms with Crippen LogP contribution in [0.15, 0.2) is 107 Å². The molecule has 35 heavy (non-hydrogen) atoms. The quantitative estimate of drug-likeness (QED) is 0.252. The van der Waals surface area contributed by atoms with Crippen LogP contribution in [0.2, 0.25) is 0 Å². The number of thiazole rings is 1. The highest BCUT2D eigenvalue weighted by Crippen LogP contribution is 2.31. The maximum atomic E-state index is 13.2. The molecule has 0 saturated heterocycles. The average molecular weight is 500 g/mol. The Kier molecular flexibility index (Phi) is 6.63. The highest BCUT2D eigenvalue weighted by molar-refractivity contribution is 7.89. The first-order valence-corrected chi connectivity index (χ1v) is 13.7. The molecule has 0 aliphatic heterocycles. The number of nitrogens with one attached hydrogen (secondary N) is 1. The van der Waals surface area contributed by atoms with Crippen molar-refractivity contribution in [2.45, 2.75) is 18.4 Å². The van der Waals surface area contributed by atoms with Crippen molar-refractivity contribution in [3.8, 4) is 11.3 Å². The monoisotopic (exact) mass is 499 g/mol. The molecule has 0 spiro atoms. The average Bonchev–Trinajstić information content (AvgIpc) is 3.36. The lowest BCUT2D eigenvalue weighted by molar-refractivity contribution is 0.423. The Labute approximate surface area is 209 Å². The summed E-state index contributed by atoms with van der Waals surface area (Å²) in [5.41, 5.74) is 3.64. The molecule has 0 radical (unpaired) electrons. The molecule has 7 heteroatoms. The number of nitrogens with zero attached hydrogens (tertiary/aromatic N) is 2. The molecule has 4 aromatic carbocycles. The van der Waals surface area contributed by atoms with Crippen molar-refractivity contribution in [3.05, 3.63) is 108 Å². The Bertz CT molecular complexity index is 1540. The van der Waals surface area contributed by atoms with E-state index in [1.54, 1.807) is 12.1 Å². The van der Waals surface area contributed by atoms with Crippen LogP contribution in [0, 0.1) is 0 Å². The lowest BCUT2D eigenvalue weighted by Gasteiger charge is -2.20. The summed E-state index contributed by atoms with van der Waals surface area (Å²) in [6.07, 6.45) is 0. The number of hydrogen-bond acceptors (Lipinski definition) is 5. The van der Waals surface area contributed by atoms with Gasteiger partial charge in [0.1, 0.15) is 0 Å². The molecule has 5 rings (SSSR count). The van der Waals surface area contributed by atoms with Crippen molar-refractivity contribution < 1.29 is 8.42 Å². The van der Waals surface area contributed by atoms with E-state index in [0.717, 1.165) is 33.0 Å². The first kappa shape index (κ1) is 23.2. The third-order valence-electron chi connectivity index (χ3n) is 5.88. The maximum Gasteiger partial charge on any atom is 0.243 e. The van der Waals surface area contributed by atoms with Crippen molar-refractivity contribution in [1.82, 2.24) is 9.29 Å². The highest BCUT2D eigenvalue weighted by Gasteiger charge is 2.23. The van der Waals surface area contributed by atoms with Gasteiger partial charge in [-0.3, -0.25) is 0 Å². The minimum absolute atomic E-state index is 0.281. The van der Waals surface area contributed by atoms with Crippen LogP contribution < -0.4 is 5.32 Å². The standard InChI is InChI=1S/C28H25N3O2S2/c1-2-31(19-21-9-4-3-5-10-21)35(32,33)24-17-15-23(16-18-24)27-20-34-28(30-27)29-26-14-8-12-22-11-6-7-13-25(22)26/h3-18,20H,2,19H2,1H3,(H,29,30). The molecule has 176 valence electrons. The third kappa shape index (κ3) is 4.98. The summed E-state index contributed by atoms with van der Waals surface area (Å²) in [4.78, 5) is 5.01. The second-order valence-corrected chi connectivity index (χ2v) is 10.9. The molecule has 1 aromatic heterocycles. The number of benzene rings is 4. The fourth-order valence-corrected chi connectivity index (χ4v) is 6.18. The van der Waals surface area contributed by atoms with Crippen molar-refractivity contribution in [2.75, 3.05) is 11.9 Å². The van der Waals surface area contributed by atoms with E-state index in [9.17, 15) is 8.42 Å². The van der Waals surface area contributed by atoms with Gasteiger partial charge in [0.2, 0.25) is 10.0 Å². The van der Waals surface area contributed by atoms with Gasteiger partial charge in [0.25, 0.3) is 0 Å². The SMILES string of the molecule is CCN(Cc1ccccc1)S(=O)(=O)c1ccc(-c2csc(Nc3cccc4ccccc34)n2)cc1. The van der Waals surface area contributed by atoms with Gasteiger partial charge in [-0.2, -0.15) is 4.31 Å². The second kappa shape index (κ2) is 10.00. The molecular formula is C28H25N3O2S2. The smallest absolute Gasteiger partial charge is 0.243 e. The van der Waals surface area contributed by atoms with Gasteiger partial charge in [-0.1, -0.05) is 85.8 Å². The lowest BCUT2D eigenvalue weighted by atomic mass is 10.1. The second-order valence-electron chi connectivity index (χ2n) is 8.13. The minimum Gasteiger partial charge on any atom is -0.331 e. The highest BCUT2D eigenvalue weighted by atomic mass is 32.2. The molecule has 0 unspecified atom stereocenters. The molecular weight excluding hydrogens is 474 g/mol. The molecule has 5 nitrogen and oxygen atoms in total. The van der Waals surface area contributed by atoms with Crippen LogP contribution in [0.5, 0.6) is 0 Å². The summed E-state index contributed by atoms with van der Waals surface area (Å²) in [6, 6.07) is 31.0. The van der Waals surface area contributed by atoms with Gasteiger partial charge in [0.15, 0.2) is 5.13 Å². The van der Waals surface area contributed by atoms with Crippen molar-refractivity contribution in [1.29, 1.82) is 0 Å². The van der Waals surface area contributed by atoms with Crippen molar-refractivity contribution in [3.63, 3.8) is 0 Å². The van der Waals surface area contributed by atoms with Gasteiger partial charge in [0.05, 0.1) is 10.6 Å². The summed E-state index contributed by atoms with van der Waals surface area (Å²) >= 11 is 1.52. The predicted octanol–water partition coefficient (Wildman–Crippen LogP) is 6.92.